The van der Waals surface area contributed by atoms with Crippen LogP contribution < -0.4 is 5.01 Å². The third kappa shape index (κ3) is 1.68. The van der Waals surface area contributed by atoms with Crippen molar-refractivity contribution in [2.24, 2.45) is 11.0 Å². The Morgan fingerprint density at radius 2 is 2.12 bits per heavy atom. The quantitative estimate of drug-likeness (QED) is 0.753. The maximum absolute atomic E-state index is 12.0. The minimum atomic E-state index is -0.384. The van der Waals surface area contributed by atoms with Gasteiger partial charge in [0.2, 0.25) is 0 Å². The van der Waals surface area contributed by atoms with Crippen molar-refractivity contribution < 1.29 is 4.79 Å². The summed E-state index contributed by atoms with van der Waals surface area (Å²) in [4.78, 5) is 12.0. The summed E-state index contributed by atoms with van der Waals surface area (Å²) in [7, 11) is 0. The Balaban J connectivity index is 2.28. The first-order chi connectivity index (χ1) is 7.74. The number of hydrazone groups is 1. The van der Waals surface area contributed by atoms with E-state index in [1.54, 1.807) is 6.92 Å². The molecule has 1 atom stereocenters. The first-order valence-corrected chi connectivity index (χ1v) is 5.05. The number of nitrogens with zero attached hydrogens (tertiary/aromatic N) is 3. The highest BCUT2D eigenvalue weighted by atomic mass is 16.2. The van der Waals surface area contributed by atoms with Gasteiger partial charge < -0.3 is 0 Å². The van der Waals surface area contributed by atoms with E-state index in [2.05, 4.69) is 5.10 Å². The van der Waals surface area contributed by atoms with Crippen LogP contribution in [0.15, 0.2) is 35.4 Å². The Bertz CT molecular complexity index is 473. The fourth-order valence-electron chi connectivity index (χ4n) is 1.68. The fraction of sp³-hybridized carbons (Fsp3) is 0.250. The van der Waals surface area contributed by atoms with Crippen molar-refractivity contribution >= 4 is 17.3 Å². The molecular weight excluding hydrogens is 202 g/mol. The van der Waals surface area contributed by atoms with E-state index in [1.807, 2.05) is 36.4 Å². The highest BCUT2D eigenvalue weighted by Gasteiger charge is 2.33. The number of para-hydroxylation sites is 1. The van der Waals surface area contributed by atoms with Gasteiger partial charge in [-0.2, -0.15) is 10.4 Å². The third-order valence-electron chi connectivity index (χ3n) is 2.57. The summed E-state index contributed by atoms with van der Waals surface area (Å²) in [5.74, 6) is -0.504. The van der Waals surface area contributed by atoms with Gasteiger partial charge in [-0.25, -0.2) is 5.01 Å². The van der Waals surface area contributed by atoms with Gasteiger partial charge in [0.1, 0.15) is 0 Å². The molecule has 4 nitrogen and oxygen atoms in total. The van der Waals surface area contributed by atoms with Crippen LogP contribution in [0.2, 0.25) is 0 Å². The lowest BCUT2D eigenvalue weighted by Crippen LogP contribution is -2.26. The molecule has 1 aliphatic heterocycles. The van der Waals surface area contributed by atoms with Crippen LogP contribution in [0, 0.1) is 17.2 Å². The zero-order chi connectivity index (χ0) is 11.5. The average molecular weight is 213 g/mol. The molecule has 0 aromatic heterocycles. The molecule has 1 unspecified atom stereocenters. The molecule has 2 rings (SSSR count). The zero-order valence-corrected chi connectivity index (χ0v) is 8.92. The summed E-state index contributed by atoms with van der Waals surface area (Å²) in [6.07, 6.45) is 0.192. The van der Waals surface area contributed by atoms with Crippen LogP contribution >= 0.6 is 0 Å². The van der Waals surface area contributed by atoms with E-state index < -0.39 is 0 Å². The molecule has 0 radical (unpaired) electrons. The van der Waals surface area contributed by atoms with Crippen LogP contribution in [0.4, 0.5) is 5.69 Å². The molecule has 16 heavy (non-hydrogen) atoms. The van der Waals surface area contributed by atoms with Crippen LogP contribution in [0.25, 0.3) is 0 Å². The molecule has 4 heteroatoms. The SMILES string of the molecule is CC1=NN(c2ccccc2)C(=O)C1CC#N. The second-order valence-corrected chi connectivity index (χ2v) is 3.64. The Morgan fingerprint density at radius 3 is 2.75 bits per heavy atom. The molecule has 1 aliphatic rings. The number of benzene rings is 1. The lowest BCUT2D eigenvalue weighted by atomic mass is 10.0. The van der Waals surface area contributed by atoms with E-state index in [9.17, 15) is 4.79 Å². The number of amides is 1. The second kappa shape index (κ2) is 4.15. The number of rotatable bonds is 2. The number of anilines is 1. The average Bonchev–Trinajstić information content (AvgIpc) is 2.59. The first kappa shape index (κ1) is 10.4. The highest BCUT2D eigenvalue weighted by molar-refractivity contribution is 6.14. The van der Waals surface area contributed by atoms with Gasteiger partial charge in [-0.15, -0.1) is 0 Å². The smallest absolute Gasteiger partial charge is 0.257 e. The predicted octanol–water partition coefficient (Wildman–Crippen LogP) is 1.94. The fourth-order valence-corrected chi connectivity index (χ4v) is 1.68. The molecule has 0 saturated carbocycles. The minimum absolute atomic E-state index is 0.120. The van der Waals surface area contributed by atoms with Gasteiger partial charge in [0.05, 0.1) is 24.1 Å². The predicted molar refractivity (Wildman–Crippen MR) is 60.8 cm³/mol. The maximum atomic E-state index is 12.0. The Labute approximate surface area is 93.8 Å². The highest BCUT2D eigenvalue weighted by Crippen LogP contribution is 2.24. The minimum Gasteiger partial charge on any atom is -0.272 e. The van der Waals surface area contributed by atoms with E-state index >= 15 is 0 Å². The van der Waals surface area contributed by atoms with Crippen molar-refractivity contribution in [2.45, 2.75) is 13.3 Å². The summed E-state index contributed by atoms with van der Waals surface area (Å²) in [6, 6.07) is 11.2. The number of carbonyl (C=O) groups is 1. The molecule has 1 heterocycles. The van der Waals surface area contributed by atoms with E-state index in [0.717, 1.165) is 5.69 Å². The van der Waals surface area contributed by atoms with Crippen molar-refractivity contribution in [3.05, 3.63) is 30.3 Å². The van der Waals surface area contributed by atoms with Crippen molar-refractivity contribution in [1.82, 2.24) is 0 Å². The molecule has 0 aliphatic carbocycles. The van der Waals surface area contributed by atoms with Crippen LogP contribution in [0.3, 0.4) is 0 Å². The van der Waals surface area contributed by atoms with Gasteiger partial charge in [0.25, 0.3) is 5.91 Å². The molecular formula is C12H11N3O. The number of hydrogen-bond acceptors (Lipinski definition) is 3. The number of carbonyl (C=O) groups excluding carboxylic acids is 1. The summed E-state index contributed by atoms with van der Waals surface area (Å²) < 4.78 is 0. The first-order valence-electron chi connectivity index (χ1n) is 5.05. The number of hydrogen-bond donors (Lipinski definition) is 0. The molecule has 0 fully saturated rings. The summed E-state index contributed by atoms with van der Waals surface area (Å²) in [5.41, 5.74) is 1.45. The van der Waals surface area contributed by atoms with Gasteiger partial charge >= 0.3 is 0 Å². The van der Waals surface area contributed by atoms with Crippen molar-refractivity contribution in [1.29, 1.82) is 5.26 Å². The van der Waals surface area contributed by atoms with Gasteiger partial charge in [-0.1, -0.05) is 18.2 Å². The molecule has 0 saturated heterocycles. The van der Waals surface area contributed by atoms with E-state index in [1.165, 1.54) is 5.01 Å². The normalized spacial score (nSPS) is 19.5. The molecule has 0 bridgehead atoms. The summed E-state index contributed by atoms with van der Waals surface area (Å²) in [5, 5.41) is 14.2. The molecule has 1 aromatic carbocycles. The molecule has 80 valence electrons. The zero-order valence-electron chi connectivity index (χ0n) is 8.92. The molecule has 1 amide bonds. The van der Waals surface area contributed by atoms with Crippen LogP contribution in [-0.2, 0) is 4.79 Å². The van der Waals surface area contributed by atoms with Crippen molar-refractivity contribution in [3.63, 3.8) is 0 Å². The van der Waals surface area contributed by atoms with Gasteiger partial charge in [0, 0.05) is 5.71 Å². The van der Waals surface area contributed by atoms with Crippen LogP contribution in [0.1, 0.15) is 13.3 Å². The lowest BCUT2D eigenvalue weighted by molar-refractivity contribution is -0.119. The molecule has 0 spiro atoms. The topological polar surface area (TPSA) is 56.5 Å². The van der Waals surface area contributed by atoms with E-state index in [4.69, 9.17) is 5.26 Å². The van der Waals surface area contributed by atoms with Crippen LogP contribution in [0.5, 0.6) is 0 Å². The molecule has 1 aromatic rings. The summed E-state index contributed by atoms with van der Waals surface area (Å²) >= 11 is 0. The van der Waals surface area contributed by atoms with Gasteiger partial charge in [-0.3, -0.25) is 4.79 Å². The Kier molecular flexibility index (Phi) is 2.69. The standard InChI is InChI=1S/C12H11N3O/c1-9-11(7-8-13)12(16)15(14-9)10-5-3-2-4-6-10/h2-6,11H,7H2,1H3. The Hall–Kier alpha value is -2.15. The van der Waals surface area contributed by atoms with Gasteiger partial charge in [0.15, 0.2) is 0 Å². The monoisotopic (exact) mass is 213 g/mol. The largest absolute Gasteiger partial charge is 0.272 e. The second-order valence-electron chi connectivity index (χ2n) is 3.64. The maximum Gasteiger partial charge on any atom is 0.257 e. The van der Waals surface area contributed by atoms with Gasteiger partial charge in [-0.05, 0) is 19.1 Å². The van der Waals surface area contributed by atoms with Crippen LogP contribution in [-0.4, -0.2) is 11.6 Å². The third-order valence-corrected chi connectivity index (χ3v) is 2.57. The van der Waals surface area contributed by atoms with Crippen molar-refractivity contribution in [2.75, 3.05) is 5.01 Å². The van der Waals surface area contributed by atoms with E-state index in [-0.39, 0.29) is 18.2 Å². The summed E-state index contributed by atoms with van der Waals surface area (Å²) in [6.45, 7) is 1.78. The van der Waals surface area contributed by atoms with Crippen molar-refractivity contribution in [3.8, 4) is 6.07 Å². The molecule has 0 N–H and O–H groups in total. The lowest BCUT2D eigenvalue weighted by Gasteiger charge is -2.12. The number of nitriles is 1. The van der Waals surface area contributed by atoms with E-state index in [0.29, 0.717) is 5.71 Å². The Morgan fingerprint density at radius 1 is 1.44 bits per heavy atom.